The Hall–Kier alpha value is -0.200. The van der Waals surface area contributed by atoms with Crippen molar-refractivity contribution in [2.45, 2.75) is 126 Å². The molecule has 4 unspecified atom stereocenters. The zero-order valence-corrected chi connectivity index (χ0v) is 17.5. The van der Waals surface area contributed by atoms with Crippen LogP contribution in [0.2, 0.25) is 0 Å². The fraction of sp³-hybridized carbons (Fsp3) is 1.00. The van der Waals surface area contributed by atoms with Gasteiger partial charge in [0, 0.05) is 32.1 Å². The Morgan fingerprint density at radius 3 is 1.31 bits per heavy atom. The lowest BCUT2D eigenvalue weighted by atomic mass is 9.82. The van der Waals surface area contributed by atoms with Crippen LogP contribution in [-0.4, -0.2) is 47.2 Å². The summed E-state index contributed by atoms with van der Waals surface area (Å²) in [6, 6.07) is 0. The second-order valence-corrected chi connectivity index (χ2v) is 11.5. The van der Waals surface area contributed by atoms with Gasteiger partial charge in [0.1, 0.15) is 18.3 Å². The Labute approximate surface area is 173 Å². The van der Waals surface area contributed by atoms with E-state index >= 15 is 0 Å². The van der Waals surface area contributed by atoms with Crippen LogP contribution in [0.4, 0.5) is 0 Å². The molecule has 0 bridgehead atoms. The molecule has 0 aromatic heterocycles. The van der Waals surface area contributed by atoms with Crippen LogP contribution >= 0.6 is 0 Å². The lowest BCUT2D eigenvalue weighted by Crippen LogP contribution is -2.53. The quantitative estimate of drug-likeness (QED) is 0.663. The molecule has 2 heterocycles. The van der Waals surface area contributed by atoms with Crippen molar-refractivity contribution in [3.8, 4) is 0 Å². The third kappa shape index (κ3) is 2.77. The Kier molecular flexibility index (Phi) is 4.06. The molecule has 2 aliphatic heterocycles. The molecule has 2 spiro atoms. The molecular weight excluding hydrogens is 368 g/mol. The van der Waals surface area contributed by atoms with Crippen LogP contribution in [0.5, 0.6) is 0 Å². The third-order valence-electron chi connectivity index (χ3n) is 9.73. The summed E-state index contributed by atoms with van der Waals surface area (Å²) in [5.74, 6) is 2.09. The van der Waals surface area contributed by atoms with Gasteiger partial charge in [-0.3, -0.25) is 0 Å². The van der Waals surface area contributed by atoms with Crippen molar-refractivity contribution in [3.05, 3.63) is 0 Å². The van der Waals surface area contributed by atoms with Crippen molar-refractivity contribution in [1.29, 1.82) is 0 Å². The fourth-order valence-electron chi connectivity index (χ4n) is 8.54. The van der Waals surface area contributed by atoms with Crippen molar-refractivity contribution >= 4 is 0 Å². The summed E-state index contributed by atoms with van der Waals surface area (Å²) < 4.78 is 26.4. The first-order chi connectivity index (χ1) is 14.1. The molecule has 0 aromatic carbocycles. The summed E-state index contributed by atoms with van der Waals surface area (Å²) in [6.07, 6.45) is 14.3. The second-order valence-electron chi connectivity index (χ2n) is 11.5. The van der Waals surface area contributed by atoms with Crippen LogP contribution in [0.3, 0.4) is 0 Å². The van der Waals surface area contributed by atoms with E-state index in [1.54, 1.807) is 0 Å². The molecule has 5 saturated carbocycles. The SMILES string of the molecule is O[C@H]1[C@@H]2OC3(CC4CCCCC4C3)O[C@H]2C[C@H]2OC3(CC4CCCCC4C3)O[C@@H]12. The first-order valence-corrected chi connectivity index (χ1v) is 12.5. The topological polar surface area (TPSA) is 57.2 Å². The van der Waals surface area contributed by atoms with Crippen LogP contribution in [0.15, 0.2) is 0 Å². The van der Waals surface area contributed by atoms with Crippen molar-refractivity contribution < 1.29 is 24.1 Å². The normalized spacial score (nSPS) is 60.9. The summed E-state index contributed by atoms with van der Waals surface area (Å²) in [6.45, 7) is 0. The molecule has 29 heavy (non-hydrogen) atoms. The van der Waals surface area contributed by atoms with Crippen LogP contribution < -0.4 is 0 Å². The number of ether oxygens (including phenoxy) is 4. The lowest BCUT2D eigenvalue weighted by molar-refractivity contribution is -0.201. The van der Waals surface area contributed by atoms with E-state index in [2.05, 4.69) is 0 Å². The summed E-state index contributed by atoms with van der Waals surface area (Å²) in [5, 5.41) is 11.2. The maximum Gasteiger partial charge on any atom is 0.169 e. The van der Waals surface area contributed by atoms with Crippen LogP contribution in [0, 0.1) is 23.7 Å². The first kappa shape index (κ1) is 18.4. The third-order valence-corrected chi connectivity index (χ3v) is 9.73. The van der Waals surface area contributed by atoms with Gasteiger partial charge in [-0.15, -0.1) is 0 Å². The molecule has 0 radical (unpaired) electrons. The van der Waals surface area contributed by atoms with Gasteiger partial charge in [-0.25, -0.2) is 0 Å². The van der Waals surface area contributed by atoms with E-state index in [9.17, 15) is 5.11 Å². The Balaban J connectivity index is 1.08. The smallest absolute Gasteiger partial charge is 0.169 e. The molecule has 5 nitrogen and oxygen atoms in total. The van der Waals surface area contributed by atoms with E-state index in [1.807, 2.05) is 0 Å². The van der Waals surface area contributed by atoms with Gasteiger partial charge in [-0.05, 0) is 49.4 Å². The molecule has 1 N–H and O–H groups in total. The zero-order chi connectivity index (χ0) is 19.2. The maximum absolute atomic E-state index is 11.2. The van der Waals surface area contributed by atoms with E-state index in [0.717, 1.165) is 55.8 Å². The molecule has 9 atom stereocenters. The minimum absolute atomic E-state index is 0.0474. The van der Waals surface area contributed by atoms with Crippen LogP contribution in [0.1, 0.15) is 83.5 Å². The highest BCUT2D eigenvalue weighted by atomic mass is 16.8. The molecule has 7 aliphatic rings. The molecule has 0 aromatic rings. The van der Waals surface area contributed by atoms with Gasteiger partial charge >= 0.3 is 0 Å². The van der Waals surface area contributed by atoms with Crippen LogP contribution in [0.25, 0.3) is 0 Å². The van der Waals surface area contributed by atoms with Crippen LogP contribution in [-0.2, 0) is 18.9 Å². The largest absolute Gasteiger partial charge is 0.387 e. The van der Waals surface area contributed by atoms with Crippen molar-refractivity contribution in [2.24, 2.45) is 23.7 Å². The molecule has 0 amide bonds. The predicted molar refractivity (Wildman–Crippen MR) is 105 cm³/mol. The summed E-state index contributed by atoms with van der Waals surface area (Å²) in [5.41, 5.74) is 0. The van der Waals surface area contributed by atoms with E-state index in [0.29, 0.717) is 0 Å². The van der Waals surface area contributed by atoms with E-state index < -0.39 is 17.7 Å². The number of aliphatic hydroxyl groups is 1. The number of fused-ring (bicyclic) bond motifs is 4. The van der Waals surface area contributed by atoms with Gasteiger partial charge in [-0.2, -0.15) is 0 Å². The monoisotopic (exact) mass is 404 g/mol. The van der Waals surface area contributed by atoms with Gasteiger partial charge in [0.25, 0.3) is 0 Å². The molecule has 7 rings (SSSR count). The van der Waals surface area contributed by atoms with E-state index in [-0.39, 0.29) is 24.4 Å². The van der Waals surface area contributed by atoms with Gasteiger partial charge in [0.15, 0.2) is 11.6 Å². The Bertz CT molecular complexity index is 584. The average molecular weight is 405 g/mol. The Morgan fingerprint density at radius 2 is 0.931 bits per heavy atom. The first-order valence-electron chi connectivity index (χ1n) is 12.5. The summed E-state index contributed by atoms with van der Waals surface area (Å²) >= 11 is 0. The molecule has 5 heteroatoms. The average Bonchev–Trinajstić information content (AvgIpc) is 3.44. The van der Waals surface area contributed by atoms with Gasteiger partial charge in [-0.1, -0.05) is 25.7 Å². The highest BCUT2D eigenvalue weighted by Crippen LogP contribution is 2.58. The summed E-state index contributed by atoms with van der Waals surface area (Å²) in [4.78, 5) is 0. The number of hydrogen-bond acceptors (Lipinski definition) is 5. The Morgan fingerprint density at radius 1 is 0.552 bits per heavy atom. The molecule has 2 saturated heterocycles. The number of rotatable bonds is 0. The highest BCUT2D eigenvalue weighted by molar-refractivity contribution is 5.08. The predicted octanol–water partition coefficient (Wildman–Crippen LogP) is 3.91. The molecule has 7 fully saturated rings. The summed E-state index contributed by atoms with van der Waals surface area (Å²) in [7, 11) is 0. The van der Waals surface area contributed by atoms with E-state index in [4.69, 9.17) is 18.9 Å². The van der Waals surface area contributed by atoms with Gasteiger partial charge in [0.05, 0.1) is 12.2 Å². The number of aliphatic hydroxyl groups excluding tert-OH is 1. The van der Waals surface area contributed by atoms with Crippen molar-refractivity contribution in [1.82, 2.24) is 0 Å². The molecular formula is C24H36O5. The van der Waals surface area contributed by atoms with Gasteiger partial charge in [0.2, 0.25) is 0 Å². The maximum atomic E-state index is 11.2. The number of hydrogen-bond donors (Lipinski definition) is 1. The van der Waals surface area contributed by atoms with Gasteiger partial charge < -0.3 is 24.1 Å². The van der Waals surface area contributed by atoms with Crippen molar-refractivity contribution in [2.75, 3.05) is 0 Å². The van der Waals surface area contributed by atoms with Crippen molar-refractivity contribution in [3.63, 3.8) is 0 Å². The molecule has 162 valence electrons. The minimum atomic E-state index is -0.636. The van der Waals surface area contributed by atoms with E-state index in [1.165, 1.54) is 51.4 Å². The standard InChI is InChI=1S/C24H36O5/c25-20-21-18(26-23(28-21)10-14-5-1-2-6-15(14)11-23)9-19-22(20)29-24(27-19)12-16-7-3-4-8-17(16)13-24/h14-22,25H,1-13H2/t14?,15?,16?,17?,18-,19+,20-,21-,22-,23?,24?/m1/s1. The second kappa shape index (κ2) is 6.41. The lowest BCUT2D eigenvalue weighted by Gasteiger charge is -2.34. The fourth-order valence-corrected chi connectivity index (χ4v) is 8.54. The minimum Gasteiger partial charge on any atom is -0.387 e. The zero-order valence-electron chi connectivity index (χ0n) is 17.5. The molecule has 5 aliphatic carbocycles. The highest BCUT2D eigenvalue weighted by Gasteiger charge is 2.65.